The van der Waals surface area contributed by atoms with Crippen LogP contribution in [0.15, 0.2) is 0 Å². The maximum atomic E-state index is 11.8. The fourth-order valence-electron chi connectivity index (χ4n) is 3.11. The van der Waals surface area contributed by atoms with Crippen LogP contribution in [0.2, 0.25) is 0 Å². The minimum absolute atomic E-state index is 0.0894. The normalized spacial score (nSPS) is 15.4. The Bertz CT molecular complexity index is 413. The number of aliphatic carboxylic acids is 1. The Morgan fingerprint density at radius 1 is 1.04 bits per heavy atom. The van der Waals surface area contributed by atoms with Gasteiger partial charge in [0.15, 0.2) is 0 Å². The Hall–Kier alpha value is -1.59. The summed E-state index contributed by atoms with van der Waals surface area (Å²) in [6, 6.07) is 0. The lowest BCUT2D eigenvalue weighted by molar-refractivity contribution is -0.149. The van der Waals surface area contributed by atoms with Crippen LogP contribution in [-0.2, 0) is 14.4 Å². The molecule has 132 valence electrons. The summed E-state index contributed by atoms with van der Waals surface area (Å²) in [6.45, 7) is 3.60. The topological polar surface area (TPSA) is 95.5 Å². The van der Waals surface area contributed by atoms with Crippen LogP contribution in [0.25, 0.3) is 0 Å². The Morgan fingerprint density at radius 2 is 1.65 bits per heavy atom. The average Bonchev–Trinajstić information content (AvgIpc) is 3.05. The summed E-state index contributed by atoms with van der Waals surface area (Å²) in [5.41, 5.74) is -0.928. The highest BCUT2D eigenvalue weighted by Crippen LogP contribution is 2.28. The van der Waals surface area contributed by atoms with Crippen molar-refractivity contribution < 1.29 is 19.5 Å². The van der Waals surface area contributed by atoms with Gasteiger partial charge in [-0.05, 0) is 25.2 Å². The number of carbonyl (C=O) groups excluding carboxylic acids is 2. The lowest BCUT2D eigenvalue weighted by Crippen LogP contribution is -2.45. The van der Waals surface area contributed by atoms with E-state index >= 15 is 0 Å². The summed E-state index contributed by atoms with van der Waals surface area (Å²) >= 11 is 0. The molecule has 0 radical (unpaired) electrons. The van der Waals surface area contributed by atoms with Crippen LogP contribution in [0.5, 0.6) is 0 Å². The number of amides is 2. The lowest BCUT2D eigenvalue weighted by atomic mass is 9.82. The highest BCUT2D eigenvalue weighted by molar-refractivity contribution is 5.85. The predicted octanol–water partition coefficient (Wildman–Crippen LogP) is 2.08. The first-order chi connectivity index (χ1) is 10.9. The molecule has 0 spiro atoms. The van der Waals surface area contributed by atoms with Crippen molar-refractivity contribution in [3.63, 3.8) is 0 Å². The zero-order valence-electron chi connectivity index (χ0n) is 14.3. The van der Waals surface area contributed by atoms with Gasteiger partial charge >= 0.3 is 5.97 Å². The van der Waals surface area contributed by atoms with Gasteiger partial charge < -0.3 is 15.7 Å². The van der Waals surface area contributed by atoms with E-state index in [0.717, 1.165) is 6.42 Å². The minimum atomic E-state index is -0.928. The van der Waals surface area contributed by atoms with E-state index in [1.54, 1.807) is 13.8 Å². The number of nitrogens with one attached hydrogen (secondary N) is 2. The third-order valence-corrected chi connectivity index (χ3v) is 5.13. The van der Waals surface area contributed by atoms with Crippen LogP contribution in [0.4, 0.5) is 0 Å². The van der Waals surface area contributed by atoms with Gasteiger partial charge in [-0.15, -0.1) is 0 Å². The van der Waals surface area contributed by atoms with E-state index in [1.807, 2.05) is 0 Å². The van der Waals surface area contributed by atoms with Crippen molar-refractivity contribution in [2.75, 3.05) is 13.1 Å². The molecule has 23 heavy (non-hydrogen) atoms. The van der Waals surface area contributed by atoms with Crippen molar-refractivity contribution in [2.24, 2.45) is 11.3 Å². The van der Waals surface area contributed by atoms with Crippen molar-refractivity contribution in [1.82, 2.24) is 10.6 Å². The zero-order chi connectivity index (χ0) is 17.3. The predicted molar refractivity (Wildman–Crippen MR) is 87.9 cm³/mol. The maximum absolute atomic E-state index is 11.8. The molecular weight excluding hydrogens is 296 g/mol. The number of carboxylic acids is 1. The van der Waals surface area contributed by atoms with E-state index < -0.39 is 11.4 Å². The second-order valence-electron chi connectivity index (χ2n) is 6.54. The molecule has 1 aliphatic rings. The Kier molecular flexibility index (Phi) is 8.06. The highest BCUT2D eigenvalue weighted by atomic mass is 16.4. The molecule has 0 saturated heterocycles. The molecule has 0 aliphatic heterocycles. The smallest absolute Gasteiger partial charge is 0.311 e. The molecule has 0 heterocycles. The van der Waals surface area contributed by atoms with E-state index in [4.69, 9.17) is 0 Å². The molecule has 1 aliphatic carbocycles. The van der Waals surface area contributed by atoms with E-state index in [-0.39, 0.29) is 24.9 Å². The SMILES string of the molecule is CCC(CC)(CNC(=O)CNC(=O)CCC1CCCC1)C(=O)O. The molecule has 1 fully saturated rings. The van der Waals surface area contributed by atoms with Gasteiger partial charge in [0, 0.05) is 13.0 Å². The van der Waals surface area contributed by atoms with E-state index in [1.165, 1.54) is 25.7 Å². The van der Waals surface area contributed by atoms with Crippen molar-refractivity contribution in [3.8, 4) is 0 Å². The van der Waals surface area contributed by atoms with Gasteiger partial charge in [0.2, 0.25) is 11.8 Å². The van der Waals surface area contributed by atoms with Gasteiger partial charge in [0.05, 0.1) is 12.0 Å². The molecule has 0 aromatic rings. The van der Waals surface area contributed by atoms with Crippen LogP contribution in [0.3, 0.4) is 0 Å². The molecule has 0 aromatic heterocycles. The molecular formula is C17H30N2O4. The van der Waals surface area contributed by atoms with Crippen LogP contribution < -0.4 is 10.6 Å². The molecule has 6 heteroatoms. The maximum Gasteiger partial charge on any atom is 0.311 e. The number of carbonyl (C=O) groups is 3. The second-order valence-corrected chi connectivity index (χ2v) is 6.54. The fourth-order valence-corrected chi connectivity index (χ4v) is 3.11. The molecule has 0 unspecified atom stereocenters. The van der Waals surface area contributed by atoms with Crippen molar-refractivity contribution in [3.05, 3.63) is 0 Å². The van der Waals surface area contributed by atoms with Crippen LogP contribution in [0.1, 0.15) is 65.2 Å². The summed E-state index contributed by atoms with van der Waals surface area (Å²) in [4.78, 5) is 34.9. The summed E-state index contributed by atoms with van der Waals surface area (Å²) in [7, 11) is 0. The Morgan fingerprint density at radius 3 is 2.17 bits per heavy atom. The van der Waals surface area contributed by atoms with Gasteiger partial charge in [-0.2, -0.15) is 0 Å². The highest BCUT2D eigenvalue weighted by Gasteiger charge is 2.35. The molecule has 3 N–H and O–H groups in total. The number of hydrogen-bond acceptors (Lipinski definition) is 3. The van der Waals surface area contributed by atoms with Gasteiger partial charge in [-0.1, -0.05) is 39.5 Å². The molecule has 0 aromatic carbocycles. The molecule has 0 atom stereocenters. The average molecular weight is 326 g/mol. The van der Waals surface area contributed by atoms with Gasteiger partial charge in [-0.3, -0.25) is 14.4 Å². The molecule has 0 bridgehead atoms. The third kappa shape index (κ3) is 6.20. The standard InChI is InChI=1S/C17H30N2O4/c1-3-17(4-2,16(22)23)12-19-15(21)11-18-14(20)10-9-13-7-5-6-8-13/h13H,3-12H2,1-2H3,(H,18,20)(H,19,21)(H,22,23). The van der Waals surface area contributed by atoms with Crippen LogP contribution >= 0.6 is 0 Å². The number of hydrogen-bond donors (Lipinski definition) is 3. The first kappa shape index (κ1) is 19.5. The van der Waals surface area contributed by atoms with Crippen LogP contribution in [0, 0.1) is 11.3 Å². The monoisotopic (exact) mass is 326 g/mol. The molecule has 6 nitrogen and oxygen atoms in total. The van der Waals surface area contributed by atoms with Gasteiger partial charge in [0.1, 0.15) is 0 Å². The lowest BCUT2D eigenvalue weighted by Gasteiger charge is -2.26. The number of carboxylic acid groups (broad SMARTS) is 1. The molecule has 1 rings (SSSR count). The van der Waals surface area contributed by atoms with Gasteiger partial charge in [0.25, 0.3) is 0 Å². The van der Waals surface area contributed by atoms with Crippen molar-refractivity contribution in [1.29, 1.82) is 0 Å². The van der Waals surface area contributed by atoms with E-state index in [9.17, 15) is 19.5 Å². The van der Waals surface area contributed by atoms with Crippen molar-refractivity contribution >= 4 is 17.8 Å². The second kappa shape index (κ2) is 9.53. The minimum Gasteiger partial charge on any atom is -0.481 e. The molecule has 1 saturated carbocycles. The third-order valence-electron chi connectivity index (χ3n) is 5.13. The summed E-state index contributed by atoms with van der Waals surface area (Å²) in [6.07, 6.45) is 7.18. The zero-order valence-corrected chi connectivity index (χ0v) is 14.3. The first-order valence-corrected chi connectivity index (χ1v) is 8.70. The van der Waals surface area contributed by atoms with E-state index in [0.29, 0.717) is 25.2 Å². The molecule has 2 amide bonds. The van der Waals surface area contributed by atoms with E-state index in [2.05, 4.69) is 10.6 Å². The largest absolute Gasteiger partial charge is 0.481 e. The van der Waals surface area contributed by atoms with Gasteiger partial charge in [-0.25, -0.2) is 0 Å². The summed E-state index contributed by atoms with van der Waals surface area (Å²) in [5.74, 6) is -0.697. The Balaban J connectivity index is 2.24. The first-order valence-electron chi connectivity index (χ1n) is 8.70. The van der Waals surface area contributed by atoms with Crippen LogP contribution in [-0.4, -0.2) is 36.0 Å². The number of rotatable bonds is 10. The summed E-state index contributed by atoms with van der Waals surface area (Å²) < 4.78 is 0. The van der Waals surface area contributed by atoms with Crippen molar-refractivity contribution in [2.45, 2.75) is 65.2 Å². The quantitative estimate of drug-likeness (QED) is 0.573. The fraction of sp³-hybridized carbons (Fsp3) is 0.824. The summed E-state index contributed by atoms with van der Waals surface area (Å²) in [5, 5.41) is 14.5. The Labute approximate surface area is 138 Å².